The predicted octanol–water partition coefficient (Wildman–Crippen LogP) is 2.91. The van der Waals surface area contributed by atoms with Crippen LogP contribution < -0.4 is 5.32 Å². The van der Waals surface area contributed by atoms with Crippen molar-refractivity contribution in [1.82, 2.24) is 10.3 Å². The third kappa shape index (κ3) is 4.03. The van der Waals surface area contributed by atoms with E-state index in [1.54, 1.807) is 18.3 Å². The Morgan fingerprint density at radius 3 is 2.65 bits per heavy atom. The lowest BCUT2D eigenvalue weighted by atomic mass is 9.71. The molecule has 1 aromatic heterocycles. The lowest BCUT2D eigenvalue weighted by Gasteiger charge is -2.40. The van der Waals surface area contributed by atoms with Crippen LogP contribution in [0.15, 0.2) is 22.9 Å². The average molecular weight is 341 g/mol. The summed E-state index contributed by atoms with van der Waals surface area (Å²) in [6, 6.07) is 3.33. The molecular formula is C15H21BrN2O2. The number of pyridine rings is 1. The number of carbonyl (C=O) groups is 1. The van der Waals surface area contributed by atoms with Gasteiger partial charge in [-0.15, -0.1) is 0 Å². The number of rotatable bonds is 3. The summed E-state index contributed by atoms with van der Waals surface area (Å²) in [5.41, 5.74) is 0.0772. The first-order valence-electron chi connectivity index (χ1n) is 6.92. The van der Waals surface area contributed by atoms with Crippen LogP contribution in [0.5, 0.6) is 0 Å². The first-order chi connectivity index (χ1) is 9.30. The van der Waals surface area contributed by atoms with Gasteiger partial charge in [-0.1, -0.05) is 13.8 Å². The van der Waals surface area contributed by atoms with Crippen molar-refractivity contribution in [3.8, 4) is 0 Å². The predicted molar refractivity (Wildman–Crippen MR) is 81.5 cm³/mol. The number of amides is 1. The third-order valence-electron chi connectivity index (χ3n) is 4.10. The summed E-state index contributed by atoms with van der Waals surface area (Å²) in [6.07, 6.45) is 5.03. The molecule has 0 aliphatic heterocycles. The quantitative estimate of drug-likeness (QED) is 0.831. The van der Waals surface area contributed by atoms with Crippen molar-refractivity contribution in [2.75, 3.05) is 6.54 Å². The van der Waals surface area contributed by atoms with Crippen LogP contribution in [0.2, 0.25) is 0 Å². The molecule has 0 radical (unpaired) electrons. The Balaban J connectivity index is 1.90. The molecule has 0 atom stereocenters. The summed E-state index contributed by atoms with van der Waals surface area (Å²) < 4.78 is 0.628. The van der Waals surface area contributed by atoms with Crippen molar-refractivity contribution in [3.05, 3.63) is 28.5 Å². The molecule has 1 aromatic rings. The van der Waals surface area contributed by atoms with E-state index in [2.05, 4.69) is 40.1 Å². The molecule has 1 amide bonds. The van der Waals surface area contributed by atoms with Crippen LogP contribution in [0.3, 0.4) is 0 Å². The van der Waals surface area contributed by atoms with Crippen molar-refractivity contribution in [1.29, 1.82) is 0 Å². The second-order valence-corrected chi connectivity index (χ2v) is 7.25. The van der Waals surface area contributed by atoms with Gasteiger partial charge >= 0.3 is 0 Å². The highest BCUT2D eigenvalue weighted by atomic mass is 79.9. The minimum Gasteiger partial charge on any atom is -0.388 e. The van der Waals surface area contributed by atoms with E-state index in [1.165, 1.54) is 0 Å². The first kappa shape index (κ1) is 15.4. The molecule has 20 heavy (non-hydrogen) atoms. The molecule has 1 heterocycles. The standard InChI is InChI=1S/C15H21BrN2O2/c1-14(2)4-6-15(20,7-5-14)10-18-13(19)11-3-8-17-12(16)9-11/h3,8-9,20H,4-7,10H2,1-2H3,(H,18,19). The number of nitrogens with zero attached hydrogens (tertiary/aromatic N) is 1. The Labute approximate surface area is 128 Å². The fourth-order valence-corrected chi connectivity index (χ4v) is 2.82. The van der Waals surface area contributed by atoms with Crippen molar-refractivity contribution in [2.24, 2.45) is 5.41 Å². The molecule has 1 aliphatic rings. The van der Waals surface area contributed by atoms with Gasteiger partial charge in [0, 0.05) is 18.3 Å². The summed E-state index contributed by atoms with van der Waals surface area (Å²) in [5, 5.41) is 13.3. The van der Waals surface area contributed by atoms with Gasteiger partial charge in [-0.05, 0) is 59.2 Å². The fourth-order valence-electron chi connectivity index (χ4n) is 2.46. The average Bonchev–Trinajstić information content (AvgIpc) is 2.40. The van der Waals surface area contributed by atoms with Crippen LogP contribution in [0, 0.1) is 5.41 Å². The van der Waals surface area contributed by atoms with E-state index in [0.29, 0.717) is 22.1 Å². The molecule has 0 bridgehead atoms. The zero-order valence-corrected chi connectivity index (χ0v) is 13.5. The van der Waals surface area contributed by atoms with Crippen LogP contribution in [0.4, 0.5) is 0 Å². The van der Waals surface area contributed by atoms with Gasteiger partial charge < -0.3 is 10.4 Å². The maximum Gasteiger partial charge on any atom is 0.251 e. The number of nitrogens with one attached hydrogen (secondary N) is 1. The molecule has 0 aromatic carbocycles. The lowest BCUT2D eigenvalue weighted by Crippen LogP contribution is -2.46. The van der Waals surface area contributed by atoms with Crippen molar-refractivity contribution < 1.29 is 9.90 Å². The molecule has 0 spiro atoms. The third-order valence-corrected chi connectivity index (χ3v) is 4.53. The Hall–Kier alpha value is -0.940. The van der Waals surface area contributed by atoms with Crippen LogP contribution in [0.1, 0.15) is 49.9 Å². The molecule has 2 N–H and O–H groups in total. The van der Waals surface area contributed by atoms with Crippen molar-refractivity contribution in [2.45, 2.75) is 45.1 Å². The van der Waals surface area contributed by atoms with Gasteiger partial charge in [0.25, 0.3) is 5.91 Å². The van der Waals surface area contributed by atoms with E-state index in [1.807, 2.05) is 0 Å². The Bertz CT molecular complexity index is 492. The highest BCUT2D eigenvalue weighted by Crippen LogP contribution is 2.39. The van der Waals surface area contributed by atoms with Gasteiger partial charge in [0.2, 0.25) is 0 Å². The van der Waals surface area contributed by atoms with E-state index in [-0.39, 0.29) is 5.91 Å². The molecule has 110 valence electrons. The molecule has 1 saturated carbocycles. The largest absolute Gasteiger partial charge is 0.388 e. The minimum atomic E-state index is -0.768. The monoisotopic (exact) mass is 340 g/mol. The van der Waals surface area contributed by atoms with E-state index >= 15 is 0 Å². The van der Waals surface area contributed by atoms with Crippen LogP contribution in [-0.2, 0) is 0 Å². The van der Waals surface area contributed by atoms with Crippen LogP contribution in [0.25, 0.3) is 0 Å². The second-order valence-electron chi connectivity index (χ2n) is 6.44. The van der Waals surface area contributed by atoms with Gasteiger partial charge in [-0.2, -0.15) is 0 Å². The number of carbonyl (C=O) groups excluding carboxylic acids is 1. The van der Waals surface area contributed by atoms with Gasteiger partial charge in [-0.25, -0.2) is 4.98 Å². The lowest BCUT2D eigenvalue weighted by molar-refractivity contribution is -0.0233. The topological polar surface area (TPSA) is 62.2 Å². The summed E-state index contributed by atoms with van der Waals surface area (Å²) in [4.78, 5) is 16.0. The zero-order valence-electron chi connectivity index (χ0n) is 11.9. The van der Waals surface area contributed by atoms with Crippen molar-refractivity contribution >= 4 is 21.8 Å². The number of hydrogen-bond donors (Lipinski definition) is 2. The normalized spacial score (nSPS) is 20.4. The smallest absolute Gasteiger partial charge is 0.251 e. The first-order valence-corrected chi connectivity index (χ1v) is 7.71. The van der Waals surface area contributed by atoms with E-state index < -0.39 is 5.60 Å². The molecule has 1 aliphatic carbocycles. The summed E-state index contributed by atoms with van der Waals surface area (Å²) in [6.45, 7) is 4.75. The number of halogens is 1. The van der Waals surface area contributed by atoms with Gasteiger partial charge in [-0.3, -0.25) is 4.79 Å². The van der Waals surface area contributed by atoms with Crippen LogP contribution >= 0.6 is 15.9 Å². The molecule has 4 nitrogen and oxygen atoms in total. The summed E-state index contributed by atoms with van der Waals surface area (Å²) in [7, 11) is 0. The maximum atomic E-state index is 12.0. The van der Waals surface area contributed by atoms with Crippen LogP contribution in [-0.4, -0.2) is 28.1 Å². The van der Waals surface area contributed by atoms with Crippen molar-refractivity contribution in [3.63, 3.8) is 0 Å². The zero-order chi connectivity index (χ0) is 14.8. The summed E-state index contributed by atoms with van der Waals surface area (Å²) in [5.74, 6) is -0.175. The molecule has 1 fully saturated rings. The number of aliphatic hydroxyl groups is 1. The molecule has 0 unspecified atom stereocenters. The maximum absolute atomic E-state index is 12.0. The van der Waals surface area contributed by atoms with E-state index in [9.17, 15) is 9.90 Å². The Morgan fingerprint density at radius 1 is 1.40 bits per heavy atom. The molecular weight excluding hydrogens is 320 g/mol. The SMILES string of the molecule is CC1(C)CCC(O)(CNC(=O)c2ccnc(Br)c2)CC1. The highest BCUT2D eigenvalue weighted by Gasteiger charge is 2.36. The highest BCUT2D eigenvalue weighted by molar-refractivity contribution is 9.10. The van der Waals surface area contributed by atoms with Gasteiger partial charge in [0.15, 0.2) is 0 Å². The Kier molecular flexibility index (Phi) is 4.49. The fraction of sp³-hybridized carbons (Fsp3) is 0.600. The number of hydrogen-bond acceptors (Lipinski definition) is 3. The number of aromatic nitrogens is 1. The molecule has 0 saturated heterocycles. The minimum absolute atomic E-state index is 0.175. The Morgan fingerprint density at radius 2 is 2.05 bits per heavy atom. The van der Waals surface area contributed by atoms with Gasteiger partial charge in [0.05, 0.1) is 5.60 Å². The van der Waals surface area contributed by atoms with Gasteiger partial charge in [0.1, 0.15) is 4.60 Å². The summed E-state index contributed by atoms with van der Waals surface area (Å²) >= 11 is 3.24. The second kappa shape index (κ2) is 5.82. The van der Waals surface area contributed by atoms with E-state index in [4.69, 9.17) is 0 Å². The molecule has 5 heteroatoms. The molecule has 2 rings (SSSR count). The van der Waals surface area contributed by atoms with E-state index in [0.717, 1.165) is 25.7 Å².